The molecule has 4 nitrogen and oxygen atoms in total. The Kier molecular flexibility index (Phi) is 21.0. The van der Waals surface area contributed by atoms with Crippen molar-refractivity contribution in [2.75, 3.05) is 46.6 Å². The molecule has 0 aromatic carbocycles. The Hall–Kier alpha value is -0.160. The first-order chi connectivity index (χ1) is 6.41. The number of aliphatic hydroxyl groups is 1. The van der Waals surface area contributed by atoms with E-state index in [1.54, 1.807) is 0 Å². The lowest BCUT2D eigenvalue weighted by Crippen LogP contribution is -2.16. The lowest BCUT2D eigenvalue weighted by molar-refractivity contribution is 0.0343. The maximum atomic E-state index is 8.33. The van der Waals surface area contributed by atoms with E-state index in [-0.39, 0.29) is 6.61 Å². The summed E-state index contributed by atoms with van der Waals surface area (Å²) >= 11 is 0. The lowest BCUT2D eigenvalue weighted by Gasteiger charge is -2.03. The quantitative estimate of drug-likeness (QED) is 0.543. The van der Waals surface area contributed by atoms with Crippen LogP contribution in [0.2, 0.25) is 0 Å². The van der Waals surface area contributed by atoms with E-state index in [0.717, 1.165) is 6.54 Å². The van der Waals surface area contributed by atoms with E-state index >= 15 is 0 Å². The van der Waals surface area contributed by atoms with Crippen LogP contribution in [0.1, 0.15) is 13.8 Å². The molecule has 0 bridgehead atoms. The van der Waals surface area contributed by atoms with Gasteiger partial charge >= 0.3 is 0 Å². The molecule has 0 saturated carbocycles. The monoisotopic (exact) mass is 193 g/mol. The third kappa shape index (κ3) is 18.7. The summed E-state index contributed by atoms with van der Waals surface area (Å²) in [6.07, 6.45) is 0. The van der Waals surface area contributed by atoms with E-state index in [2.05, 4.69) is 5.32 Å². The van der Waals surface area contributed by atoms with Gasteiger partial charge in [0.2, 0.25) is 0 Å². The highest BCUT2D eigenvalue weighted by Crippen LogP contribution is 1.76. The molecule has 13 heavy (non-hydrogen) atoms. The fourth-order valence-corrected chi connectivity index (χ4v) is 0.561. The Bertz CT molecular complexity index is 63.9. The van der Waals surface area contributed by atoms with Gasteiger partial charge in [-0.25, -0.2) is 0 Å². The van der Waals surface area contributed by atoms with Crippen molar-refractivity contribution in [3.05, 3.63) is 0 Å². The van der Waals surface area contributed by atoms with Crippen LogP contribution in [0.15, 0.2) is 0 Å². The molecule has 0 aliphatic carbocycles. The summed E-state index contributed by atoms with van der Waals surface area (Å²) in [5.74, 6) is 0. The summed E-state index contributed by atoms with van der Waals surface area (Å²) in [6.45, 7) is 7.21. The minimum atomic E-state index is 0.0799. The van der Waals surface area contributed by atoms with Crippen molar-refractivity contribution in [3.8, 4) is 0 Å². The van der Waals surface area contributed by atoms with Crippen molar-refractivity contribution in [1.82, 2.24) is 5.32 Å². The van der Waals surface area contributed by atoms with Crippen molar-refractivity contribution < 1.29 is 14.6 Å². The summed E-state index contributed by atoms with van der Waals surface area (Å²) in [4.78, 5) is 0. The van der Waals surface area contributed by atoms with Crippen LogP contribution >= 0.6 is 0 Å². The van der Waals surface area contributed by atoms with Gasteiger partial charge in [-0.15, -0.1) is 0 Å². The molecule has 0 aromatic heterocycles. The van der Waals surface area contributed by atoms with E-state index in [1.165, 1.54) is 0 Å². The molecule has 0 spiro atoms. The number of ether oxygens (including phenoxy) is 2. The largest absolute Gasteiger partial charge is 0.394 e. The van der Waals surface area contributed by atoms with Gasteiger partial charge in [-0.3, -0.25) is 0 Å². The normalized spacial score (nSPS) is 9.23. The van der Waals surface area contributed by atoms with Crippen molar-refractivity contribution in [2.45, 2.75) is 13.8 Å². The van der Waals surface area contributed by atoms with Crippen LogP contribution in [0.25, 0.3) is 0 Å². The van der Waals surface area contributed by atoms with E-state index in [4.69, 9.17) is 14.6 Å². The van der Waals surface area contributed by atoms with Crippen LogP contribution in [0.4, 0.5) is 0 Å². The first-order valence-electron chi connectivity index (χ1n) is 4.82. The SMILES string of the molecule is CC.CNCCOCCOCCO. The van der Waals surface area contributed by atoms with Gasteiger partial charge < -0.3 is 19.9 Å². The van der Waals surface area contributed by atoms with Crippen LogP contribution in [-0.2, 0) is 9.47 Å². The molecule has 0 aliphatic rings. The Morgan fingerprint density at radius 3 is 2.00 bits per heavy atom. The van der Waals surface area contributed by atoms with Gasteiger partial charge in [0.25, 0.3) is 0 Å². The van der Waals surface area contributed by atoms with Crippen LogP contribution in [0.5, 0.6) is 0 Å². The molecule has 0 fully saturated rings. The van der Waals surface area contributed by atoms with Crippen LogP contribution in [-0.4, -0.2) is 51.7 Å². The highest BCUT2D eigenvalue weighted by atomic mass is 16.5. The molecule has 0 aromatic rings. The van der Waals surface area contributed by atoms with Gasteiger partial charge in [0.1, 0.15) is 0 Å². The number of nitrogens with one attached hydrogen (secondary N) is 1. The molecule has 0 saturated heterocycles. The molecular weight excluding hydrogens is 170 g/mol. The summed E-state index contributed by atoms with van der Waals surface area (Å²) in [5, 5.41) is 11.3. The van der Waals surface area contributed by atoms with E-state index < -0.39 is 0 Å². The van der Waals surface area contributed by atoms with E-state index in [1.807, 2.05) is 20.9 Å². The predicted molar refractivity (Wildman–Crippen MR) is 54.0 cm³/mol. The van der Waals surface area contributed by atoms with Crippen molar-refractivity contribution in [1.29, 1.82) is 0 Å². The molecular formula is C9H23NO3. The number of likely N-dealkylation sites (N-methyl/N-ethyl adjacent to an activating group) is 1. The molecule has 82 valence electrons. The standard InChI is InChI=1S/C7H17NO3.C2H6/c1-8-2-4-10-6-7-11-5-3-9;1-2/h8-9H,2-7H2,1H3;1-2H3. The van der Waals surface area contributed by atoms with E-state index in [0.29, 0.717) is 26.4 Å². The number of rotatable bonds is 8. The Labute approximate surface area is 81.2 Å². The second kappa shape index (κ2) is 17.8. The van der Waals surface area contributed by atoms with Crippen molar-refractivity contribution in [3.63, 3.8) is 0 Å². The Morgan fingerprint density at radius 2 is 1.54 bits per heavy atom. The highest BCUT2D eigenvalue weighted by Gasteiger charge is 1.87. The zero-order chi connectivity index (χ0) is 10.4. The number of aliphatic hydroxyl groups excluding tert-OH is 1. The van der Waals surface area contributed by atoms with Gasteiger partial charge in [-0.05, 0) is 7.05 Å². The summed E-state index contributed by atoms with van der Waals surface area (Å²) in [7, 11) is 1.88. The molecule has 0 atom stereocenters. The molecule has 0 radical (unpaired) electrons. The molecule has 0 heterocycles. The van der Waals surface area contributed by atoms with Gasteiger partial charge in [-0.2, -0.15) is 0 Å². The highest BCUT2D eigenvalue weighted by molar-refractivity contribution is 4.36. The fraction of sp³-hybridized carbons (Fsp3) is 1.00. The Morgan fingerprint density at radius 1 is 1.00 bits per heavy atom. The fourth-order valence-electron chi connectivity index (χ4n) is 0.561. The topological polar surface area (TPSA) is 50.7 Å². The predicted octanol–water partition coefficient (Wildman–Crippen LogP) is 0.258. The summed E-state index contributed by atoms with van der Waals surface area (Å²) in [6, 6.07) is 0. The second-order valence-corrected chi connectivity index (χ2v) is 2.05. The first-order valence-corrected chi connectivity index (χ1v) is 4.82. The minimum Gasteiger partial charge on any atom is -0.394 e. The minimum absolute atomic E-state index is 0.0799. The molecule has 0 unspecified atom stereocenters. The summed E-state index contributed by atoms with van der Waals surface area (Å²) < 4.78 is 10.1. The van der Waals surface area contributed by atoms with Crippen LogP contribution in [0.3, 0.4) is 0 Å². The van der Waals surface area contributed by atoms with Gasteiger partial charge in [0, 0.05) is 6.54 Å². The molecule has 0 amide bonds. The van der Waals surface area contributed by atoms with Crippen molar-refractivity contribution >= 4 is 0 Å². The van der Waals surface area contributed by atoms with Crippen LogP contribution < -0.4 is 5.32 Å². The van der Waals surface area contributed by atoms with Gasteiger partial charge in [0.15, 0.2) is 0 Å². The number of hydrogen-bond donors (Lipinski definition) is 2. The Balaban J connectivity index is 0. The smallest absolute Gasteiger partial charge is 0.0701 e. The zero-order valence-corrected chi connectivity index (χ0v) is 9.01. The molecule has 4 heteroatoms. The van der Waals surface area contributed by atoms with E-state index in [9.17, 15) is 0 Å². The number of hydrogen-bond acceptors (Lipinski definition) is 4. The lowest BCUT2D eigenvalue weighted by atomic mass is 10.7. The molecule has 0 aliphatic heterocycles. The zero-order valence-electron chi connectivity index (χ0n) is 9.01. The average molecular weight is 193 g/mol. The van der Waals surface area contributed by atoms with Gasteiger partial charge in [-0.1, -0.05) is 13.8 Å². The second-order valence-electron chi connectivity index (χ2n) is 2.05. The first kappa shape index (κ1) is 15.3. The van der Waals surface area contributed by atoms with Gasteiger partial charge in [0.05, 0.1) is 33.0 Å². The third-order valence-corrected chi connectivity index (χ3v) is 1.10. The average Bonchev–Trinajstić information content (AvgIpc) is 2.20. The third-order valence-electron chi connectivity index (χ3n) is 1.10. The summed E-state index contributed by atoms with van der Waals surface area (Å²) in [5.41, 5.74) is 0. The molecule has 2 N–H and O–H groups in total. The maximum absolute atomic E-state index is 8.33. The maximum Gasteiger partial charge on any atom is 0.0701 e. The molecule has 0 rings (SSSR count). The van der Waals surface area contributed by atoms with Crippen LogP contribution in [0, 0.1) is 0 Å². The van der Waals surface area contributed by atoms with Crippen molar-refractivity contribution in [2.24, 2.45) is 0 Å².